The van der Waals surface area contributed by atoms with E-state index in [9.17, 15) is 4.39 Å². The first kappa shape index (κ1) is 15.3. The van der Waals surface area contributed by atoms with Gasteiger partial charge < -0.3 is 0 Å². The van der Waals surface area contributed by atoms with E-state index in [-0.39, 0.29) is 5.82 Å². The van der Waals surface area contributed by atoms with Crippen LogP contribution >= 0.6 is 0 Å². The number of rotatable bonds is 3. The lowest BCUT2D eigenvalue weighted by molar-refractivity contribution is 0.195. The molecule has 4 nitrogen and oxygen atoms in total. The standard InChI is InChI=1S/C19H21FN4/c1-14-22-10-17-9-21-11-19(24(14)17)16-6-4-8-23(13-16)12-15-5-2-3-7-18(15)20/h2-3,5,7,9-11,16H,4,6,8,12-13H2,1H3/t16-/m1/s1. The van der Waals surface area contributed by atoms with E-state index in [1.807, 2.05) is 37.6 Å². The van der Waals surface area contributed by atoms with Crippen LogP contribution in [-0.4, -0.2) is 32.4 Å². The molecule has 1 aromatic carbocycles. The molecule has 1 aliphatic rings. The molecule has 24 heavy (non-hydrogen) atoms. The summed E-state index contributed by atoms with van der Waals surface area (Å²) in [6.45, 7) is 4.62. The van der Waals surface area contributed by atoms with Crippen LogP contribution in [-0.2, 0) is 6.54 Å². The van der Waals surface area contributed by atoms with Gasteiger partial charge in [0, 0.05) is 36.5 Å². The van der Waals surface area contributed by atoms with Gasteiger partial charge in [-0.2, -0.15) is 0 Å². The molecule has 5 heteroatoms. The second-order valence-corrected chi connectivity index (χ2v) is 6.56. The highest BCUT2D eigenvalue weighted by Crippen LogP contribution is 2.28. The molecule has 1 fully saturated rings. The van der Waals surface area contributed by atoms with Crippen molar-refractivity contribution in [2.75, 3.05) is 13.1 Å². The van der Waals surface area contributed by atoms with Crippen LogP contribution in [0, 0.1) is 12.7 Å². The molecule has 3 heterocycles. The van der Waals surface area contributed by atoms with E-state index in [1.54, 1.807) is 6.07 Å². The highest BCUT2D eigenvalue weighted by molar-refractivity contribution is 5.45. The number of hydrogen-bond donors (Lipinski definition) is 0. The monoisotopic (exact) mass is 324 g/mol. The lowest BCUT2D eigenvalue weighted by Crippen LogP contribution is -2.34. The van der Waals surface area contributed by atoms with Crippen molar-refractivity contribution in [2.24, 2.45) is 0 Å². The third kappa shape index (κ3) is 2.80. The molecular formula is C19H21FN4. The zero-order chi connectivity index (χ0) is 16.5. The van der Waals surface area contributed by atoms with Gasteiger partial charge in [0.15, 0.2) is 0 Å². The predicted octanol–water partition coefficient (Wildman–Crippen LogP) is 3.56. The van der Waals surface area contributed by atoms with Gasteiger partial charge in [-0.3, -0.25) is 14.3 Å². The molecule has 0 amide bonds. The number of halogens is 1. The zero-order valence-corrected chi connectivity index (χ0v) is 13.8. The zero-order valence-electron chi connectivity index (χ0n) is 13.8. The number of aromatic nitrogens is 3. The summed E-state index contributed by atoms with van der Waals surface area (Å²) in [5.41, 5.74) is 3.02. The summed E-state index contributed by atoms with van der Waals surface area (Å²) in [5.74, 6) is 1.28. The van der Waals surface area contributed by atoms with Crippen LogP contribution in [0.4, 0.5) is 4.39 Å². The summed E-state index contributed by atoms with van der Waals surface area (Å²) < 4.78 is 16.1. The molecule has 0 aliphatic carbocycles. The molecule has 4 rings (SSSR count). The third-order valence-corrected chi connectivity index (χ3v) is 4.91. The summed E-state index contributed by atoms with van der Waals surface area (Å²) in [5, 5.41) is 0. The summed E-state index contributed by atoms with van der Waals surface area (Å²) in [4.78, 5) is 11.1. The second-order valence-electron chi connectivity index (χ2n) is 6.56. The maximum Gasteiger partial charge on any atom is 0.127 e. The Morgan fingerprint density at radius 2 is 2.08 bits per heavy atom. The highest BCUT2D eigenvalue weighted by Gasteiger charge is 2.24. The molecular weight excluding hydrogens is 303 g/mol. The minimum atomic E-state index is -0.117. The van der Waals surface area contributed by atoms with Crippen LogP contribution in [0.5, 0.6) is 0 Å². The minimum absolute atomic E-state index is 0.117. The number of fused-ring (bicyclic) bond motifs is 1. The van der Waals surface area contributed by atoms with Gasteiger partial charge in [-0.25, -0.2) is 9.37 Å². The molecule has 0 unspecified atom stereocenters. The van der Waals surface area contributed by atoms with Gasteiger partial charge in [0.05, 0.1) is 17.9 Å². The maximum absolute atomic E-state index is 13.9. The Kier molecular flexibility index (Phi) is 4.02. The van der Waals surface area contributed by atoms with Crippen LogP contribution in [0.1, 0.15) is 35.8 Å². The fraction of sp³-hybridized carbons (Fsp3) is 0.368. The lowest BCUT2D eigenvalue weighted by atomic mass is 9.94. The van der Waals surface area contributed by atoms with Crippen molar-refractivity contribution in [1.82, 2.24) is 19.3 Å². The Hall–Kier alpha value is -2.27. The number of imidazole rings is 1. The topological polar surface area (TPSA) is 33.4 Å². The van der Waals surface area contributed by atoms with Gasteiger partial charge in [-0.1, -0.05) is 18.2 Å². The summed E-state index contributed by atoms with van der Waals surface area (Å²) in [7, 11) is 0. The molecule has 1 aliphatic heterocycles. The van der Waals surface area contributed by atoms with Crippen molar-refractivity contribution >= 4 is 5.52 Å². The van der Waals surface area contributed by atoms with Crippen molar-refractivity contribution in [3.05, 3.63) is 65.8 Å². The van der Waals surface area contributed by atoms with E-state index < -0.39 is 0 Å². The summed E-state index contributed by atoms with van der Waals surface area (Å²) >= 11 is 0. The molecule has 0 bridgehead atoms. The van der Waals surface area contributed by atoms with Gasteiger partial charge in [0.1, 0.15) is 11.6 Å². The first-order chi connectivity index (χ1) is 11.7. The predicted molar refractivity (Wildman–Crippen MR) is 91.4 cm³/mol. The first-order valence-electron chi connectivity index (χ1n) is 8.46. The fourth-order valence-electron chi connectivity index (χ4n) is 3.73. The molecule has 124 valence electrons. The van der Waals surface area contributed by atoms with Gasteiger partial charge in [0.25, 0.3) is 0 Å². The fourth-order valence-corrected chi connectivity index (χ4v) is 3.73. The Morgan fingerprint density at radius 3 is 2.96 bits per heavy atom. The third-order valence-electron chi connectivity index (χ3n) is 4.91. The quantitative estimate of drug-likeness (QED) is 0.739. The van der Waals surface area contributed by atoms with Crippen molar-refractivity contribution in [3.8, 4) is 0 Å². The first-order valence-corrected chi connectivity index (χ1v) is 8.46. The number of aryl methyl sites for hydroxylation is 1. The van der Waals surface area contributed by atoms with Crippen LogP contribution in [0.2, 0.25) is 0 Å². The average Bonchev–Trinajstić information content (AvgIpc) is 2.99. The van der Waals surface area contributed by atoms with Gasteiger partial charge in [0.2, 0.25) is 0 Å². The van der Waals surface area contributed by atoms with Crippen molar-refractivity contribution in [3.63, 3.8) is 0 Å². The maximum atomic E-state index is 13.9. The molecule has 1 atom stereocenters. The minimum Gasteiger partial charge on any atom is -0.298 e. The van der Waals surface area contributed by atoms with Gasteiger partial charge in [-0.05, 0) is 32.4 Å². The number of likely N-dealkylation sites (tertiary alicyclic amines) is 1. The summed E-state index contributed by atoms with van der Waals surface area (Å²) in [6.07, 6.45) is 7.92. The van der Waals surface area contributed by atoms with Crippen LogP contribution in [0.3, 0.4) is 0 Å². The van der Waals surface area contributed by atoms with Crippen molar-refractivity contribution < 1.29 is 4.39 Å². The molecule has 0 spiro atoms. The Bertz CT molecular complexity index is 857. The van der Waals surface area contributed by atoms with E-state index in [0.29, 0.717) is 12.5 Å². The highest BCUT2D eigenvalue weighted by atomic mass is 19.1. The van der Waals surface area contributed by atoms with E-state index in [4.69, 9.17) is 0 Å². The van der Waals surface area contributed by atoms with E-state index in [1.165, 1.54) is 11.8 Å². The molecule has 3 aromatic rings. The number of hydrogen-bond acceptors (Lipinski definition) is 3. The van der Waals surface area contributed by atoms with E-state index in [0.717, 1.165) is 42.8 Å². The normalized spacial score (nSPS) is 19.0. The van der Waals surface area contributed by atoms with Crippen LogP contribution in [0.15, 0.2) is 42.9 Å². The molecule has 1 saturated heterocycles. The molecule has 0 radical (unpaired) electrons. The molecule has 0 saturated carbocycles. The van der Waals surface area contributed by atoms with Crippen LogP contribution < -0.4 is 0 Å². The number of piperidine rings is 1. The Balaban J connectivity index is 1.58. The molecule has 2 aromatic heterocycles. The van der Waals surface area contributed by atoms with E-state index in [2.05, 4.69) is 19.3 Å². The second kappa shape index (κ2) is 6.32. The summed E-state index contributed by atoms with van der Waals surface area (Å²) in [6, 6.07) is 7.06. The average molecular weight is 324 g/mol. The smallest absolute Gasteiger partial charge is 0.127 e. The van der Waals surface area contributed by atoms with Gasteiger partial charge >= 0.3 is 0 Å². The lowest BCUT2D eigenvalue weighted by Gasteiger charge is -2.33. The van der Waals surface area contributed by atoms with Crippen LogP contribution in [0.25, 0.3) is 5.52 Å². The van der Waals surface area contributed by atoms with E-state index >= 15 is 0 Å². The SMILES string of the molecule is Cc1ncc2cncc([C@@H]3CCCN(Cc4ccccc4F)C3)n12. The number of benzene rings is 1. The van der Waals surface area contributed by atoms with Gasteiger partial charge in [-0.15, -0.1) is 0 Å². The van der Waals surface area contributed by atoms with Crippen molar-refractivity contribution in [2.45, 2.75) is 32.2 Å². The number of nitrogens with zero attached hydrogens (tertiary/aromatic N) is 4. The molecule has 0 N–H and O–H groups in total. The van der Waals surface area contributed by atoms with Crippen molar-refractivity contribution in [1.29, 1.82) is 0 Å². The Morgan fingerprint density at radius 1 is 1.21 bits per heavy atom. The largest absolute Gasteiger partial charge is 0.298 e. The Labute approximate surface area is 141 Å².